The molecule has 0 bridgehead atoms. The van der Waals surface area contributed by atoms with E-state index in [1.165, 1.54) is 11.1 Å². The lowest BCUT2D eigenvalue weighted by Crippen LogP contribution is -1.95. The van der Waals surface area contributed by atoms with E-state index >= 15 is 0 Å². The normalized spacial score (nSPS) is 10.8. The first-order valence-electron chi connectivity index (χ1n) is 6.90. The van der Waals surface area contributed by atoms with E-state index in [1.54, 1.807) is 6.08 Å². The van der Waals surface area contributed by atoms with Crippen molar-refractivity contribution >= 4 is 0 Å². The number of allylic oxidation sites excluding steroid dienone is 1. The largest absolute Gasteiger partial charge is 0.489 e. The molecule has 0 amide bonds. The zero-order valence-corrected chi connectivity index (χ0v) is 11.5. The Bertz CT molecular complexity index is 515. The van der Waals surface area contributed by atoms with Crippen LogP contribution in [0.25, 0.3) is 0 Å². The summed E-state index contributed by atoms with van der Waals surface area (Å²) in [7, 11) is 0. The van der Waals surface area contributed by atoms with Crippen LogP contribution in [0.1, 0.15) is 17.5 Å². The third-order valence-electron chi connectivity index (χ3n) is 3.04. The van der Waals surface area contributed by atoms with Gasteiger partial charge < -0.3 is 9.84 Å². The fraction of sp³-hybridized carbons (Fsp3) is 0.222. The Morgan fingerprint density at radius 2 is 1.60 bits per heavy atom. The van der Waals surface area contributed by atoms with Crippen molar-refractivity contribution < 1.29 is 9.84 Å². The van der Waals surface area contributed by atoms with Crippen molar-refractivity contribution in [3.05, 3.63) is 77.9 Å². The molecule has 0 fully saturated rings. The van der Waals surface area contributed by atoms with Crippen molar-refractivity contribution in [2.75, 3.05) is 6.61 Å². The van der Waals surface area contributed by atoms with E-state index in [4.69, 9.17) is 9.84 Å². The maximum Gasteiger partial charge on any atom is 0.119 e. The summed E-state index contributed by atoms with van der Waals surface area (Å²) in [6.45, 7) is 0.714. The quantitative estimate of drug-likeness (QED) is 0.775. The van der Waals surface area contributed by atoms with Crippen LogP contribution in [0, 0.1) is 0 Å². The number of aliphatic hydroxyl groups is 1. The van der Waals surface area contributed by atoms with Crippen LogP contribution in [0.3, 0.4) is 0 Å². The second-order valence-corrected chi connectivity index (χ2v) is 4.61. The average molecular weight is 268 g/mol. The van der Waals surface area contributed by atoms with E-state index in [2.05, 4.69) is 24.3 Å². The van der Waals surface area contributed by atoms with Crippen LogP contribution >= 0.6 is 0 Å². The Morgan fingerprint density at radius 1 is 0.850 bits per heavy atom. The summed E-state index contributed by atoms with van der Waals surface area (Å²) >= 11 is 0. The Hall–Kier alpha value is -2.06. The van der Waals surface area contributed by atoms with Crippen molar-refractivity contribution in [2.45, 2.75) is 19.4 Å². The van der Waals surface area contributed by atoms with Gasteiger partial charge in [-0.1, -0.05) is 54.6 Å². The van der Waals surface area contributed by atoms with E-state index in [9.17, 15) is 0 Å². The first kappa shape index (κ1) is 14.4. The molecule has 2 aromatic carbocycles. The molecular formula is C18H20O2. The van der Waals surface area contributed by atoms with Gasteiger partial charge in [0.05, 0.1) is 6.61 Å². The smallest absolute Gasteiger partial charge is 0.119 e. The Morgan fingerprint density at radius 3 is 2.30 bits per heavy atom. The highest BCUT2D eigenvalue weighted by atomic mass is 16.5. The lowest BCUT2D eigenvalue weighted by atomic mass is 10.1. The minimum absolute atomic E-state index is 0.117. The Kier molecular flexibility index (Phi) is 5.87. The maximum absolute atomic E-state index is 8.65. The van der Waals surface area contributed by atoms with E-state index in [0.717, 1.165) is 18.6 Å². The number of benzene rings is 2. The van der Waals surface area contributed by atoms with Gasteiger partial charge in [0.1, 0.15) is 12.4 Å². The monoisotopic (exact) mass is 268 g/mol. The summed E-state index contributed by atoms with van der Waals surface area (Å²) in [5.41, 5.74) is 2.45. The molecule has 0 saturated heterocycles. The van der Waals surface area contributed by atoms with Crippen LogP contribution < -0.4 is 4.74 Å². The number of aryl methyl sites for hydroxylation is 1. The molecule has 0 spiro atoms. The summed E-state index contributed by atoms with van der Waals surface area (Å²) in [4.78, 5) is 0. The highest BCUT2D eigenvalue weighted by molar-refractivity contribution is 5.28. The Labute approximate surface area is 120 Å². The van der Waals surface area contributed by atoms with Crippen LogP contribution in [-0.4, -0.2) is 11.7 Å². The molecule has 0 aliphatic heterocycles. The molecule has 0 unspecified atom stereocenters. The van der Waals surface area contributed by atoms with E-state index < -0.39 is 0 Å². The molecule has 2 heteroatoms. The van der Waals surface area contributed by atoms with Gasteiger partial charge in [0.15, 0.2) is 0 Å². The van der Waals surface area contributed by atoms with Crippen LogP contribution in [-0.2, 0) is 13.0 Å². The summed E-state index contributed by atoms with van der Waals surface area (Å²) < 4.78 is 5.74. The third-order valence-corrected chi connectivity index (χ3v) is 3.04. The first-order chi connectivity index (χ1) is 9.88. The van der Waals surface area contributed by atoms with Crippen LogP contribution in [0.5, 0.6) is 5.75 Å². The molecule has 0 aliphatic carbocycles. The van der Waals surface area contributed by atoms with Gasteiger partial charge in [-0.3, -0.25) is 0 Å². The molecule has 0 heterocycles. The van der Waals surface area contributed by atoms with Crippen molar-refractivity contribution in [1.29, 1.82) is 0 Å². The van der Waals surface area contributed by atoms with Crippen molar-refractivity contribution in [2.24, 2.45) is 0 Å². The van der Waals surface area contributed by atoms with Gasteiger partial charge in [-0.15, -0.1) is 0 Å². The molecule has 0 atom stereocenters. The van der Waals surface area contributed by atoms with Crippen molar-refractivity contribution in [1.82, 2.24) is 0 Å². The van der Waals surface area contributed by atoms with Crippen molar-refractivity contribution in [3.63, 3.8) is 0 Å². The molecule has 20 heavy (non-hydrogen) atoms. The number of rotatable bonds is 7. The van der Waals surface area contributed by atoms with Gasteiger partial charge in [0.2, 0.25) is 0 Å². The molecule has 1 N–H and O–H groups in total. The standard InChI is InChI=1S/C18H20O2/c19-14-6-2-5-7-16-10-12-18(13-11-16)20-15-17-8-3-1-4-9-17/h1-4,6,8-13,19H,5,7,14-15H2/b6-2+. The number of ether oxygens (including phenoxy) is 1. The number of hydrogen-bond acceptors (Lipinski definition) is 2. The number of hydrogen-bond donors (Lipinski definition) is 1. The topological polar surface area (TPSA) is 29.5 Å². The minimum atomic E-state index is 0.117. The van der Waals surface area contributed by atoms with Gasteiger partial charge in [-0.25, -0.2) is 0 Å². The van der Waals surface area contributed by atoms with Gasteiger partial charge in [-0.2, -0.15) is 0 Å². The van der Waals surface area contributed by atoms with Gasteiger partial charge >= 0.3 is 0 Å². The van der Waals surface area contributed by atoms with Crippen LogP contribution in [0.2, 0.25) is 0 Å². The van der Waals surface area contributed by atoms with E-state index in [-0.39, 0.29) is 6.61 Å². The number of aliphatic hydroxyl groups excluding tert-OH is 1. The fourth-order valence-corrected chi connectivity index (χ4v) is 1.94. The summed E-state index contributed by atoms with van der Waals surface area (Å²) in [6.07, 6.45) is 5.71. The molecule has 104 valence electrons. The predicted molar refractivity (Wildman–Crippen MR) is 81.8 cm³/mol. The Balaban J connectivity index is 1.81. The van der Waals surface area contributed by atoms with E-state index in [1.807, 2.05) is 36.4 Å². The van der Waals surface area contributed by atoms with Crippen molar-refractivity contribution in [3.8, 4) is 5.75 Å². The SMILES string of the molecule is OC/C=C/CCc1ccc(OCc2ccccc2)cc1. The maximum atomic E-state index is 8.65. The lowest BCUT2D eigenvalue weighted by Gasteiger charge is -2.07. The molecular weight excluding hydrogens is 248 g/mol. The highest BCUT2D eigenvalue weighted by Crippen LogP contribution is 2.15. The predicted octanol–water partition coefficient (Wildman–Crippen LogP) is 3.75. The molecule has 0 saturated carbocycles. The molecule has 0 aliphatic rings. The fourth-order valence-electron chi connectivity index (χ4n) is 1.94. The molecule has 2 nitrogen and oxygen atoms in total. The molecule has 0 aromatic heterocycles. The zero-order valence-electron chi connectivity index (χ0n) is 11.5. The van der Waals surface area contributed by atoms with Gasteiger partial charge in [-0.05, 0) is 36.1 Å². The molecule has 2 rings (SSSR count). The summed E-state index contributed by atoms with van der Waals surface area (Å²) in [5, 5.41) is 8.65. The molecule has 0 radical (unpaired) electrons. The second-order valence-electron chi connectivity index (χ2n) is 4.61. The van der Waals surface area contributed by atoms with Gasteiger partial charge in [0, 0.05) is 0 Å². The lowest BCUT2D eigenvalue weighted by molar-refractivity contribution is 0.306. The first-order valence-corrected chi connectivity index (χ1v) is 6.90. The highest BCUT2D eigenvalue weighted by Gasteiger charge is 1.96. The summed E-state index contributed by atoms with van der Waals surface area (Å²) in [6, 6.07) is 18.3. The summed E-state index contributed by atoms with van der Waals surface area (Å²) in [5.74, 6) is 0.892. The third kappa shape index (κ3) is 4.90. The average Bonchev–Trinajstić information content (AvgIpc) is 2.52. The zero-order chi connectivity index (χ0) is 14.0. The minimum Gasteiger partial charge on any atom is -0.489 e. The van der Waals surface area contributed by atoms with Crippen LogP contribution in [0.4, 0.5) is 0 Å². The second kappa shape index (κ2) is 8.18. The molecule has 2 aromatic rings. The van der Waals surface area contributed by atoms with E-state index in [0.29, 0.717) is 6.61 Å². The van der Waals surface area contributed by atoms with Gasteiger partial charge in [0.25, 0.3) is 0 Å². The van der Waals surface area contributed by atoms with Crippen LogP contribution in [0.15, 0.2) is 66.7 Å².